The van der Waals surface area contributed by atoms with Gasteiger partial charge in [-0.3, -0.25) is 24.0 Å². The Labute approximate surface area is 348 Å². The first-order valence-electron chi connectivity index (χ1n) is 20.7. The summed E-state index contributed by atoms with van der Waals surface area (Å²) in [5.74, 6) is -6.38. The minimum absolute atomic E-state index is 0.0899. The third-order valence-electron chi connectivity index (χ3n) is 13.4. The molecule has 0 spiro atoms. The van der Waals surface area contributed by atoms with Crippen molar-refractivity contribution in [3.8, 4) is 17.4 Å². The highest BCUT2D eigenvalue weighted by Gasteiger charge is 2.63. The lowest BCUT2D eigenvalue weighted by atomic mass is 9.81. The molecule has 7 rings (SSSR count). The fraction of sp³-hybridized carbons (Fsp3) is 0.643. The van der Waals surface area contributed by atoms with E-state index < -0.39 is 85.6 Å². The number of rotatable bonds is 9. The second-order valence-corrected chi connectivity index (χ2v) is 20.2. The Morgan fingerprint density at radius 3 is 2.50 bits per heavy atom. The topological polar surface area (TPSA) is 194 Å². The molecule has 5 aliphatic rings. The van der Waals surface area contributed by atoms with Crippen LogP contribution in [0.15, 0.2) is 36.5 Å². The van der Waals surface area contributed by atoms with Gasteiger partial charge < -0.3 is 29.5 Å². The lowest BCUT2D eigenvalue weighted by Crippen LogP contribution is -2.67. The molecule has 1 aromatic carbocycles. The molecule has 4 heterocycles. The van der Waals surface area contributed by atoms with Crippen LogP contribution in [0.5, 0.6) is 17.4 Å². The minimum atomic E-state index is -4.10. The van der Waals surface area contributed by atoms with E-state index in [4.69, 9.17) is 14.2 Å². The Morgan fingerprint density at radius 2 is 1.83 bits per heavy atom. The predicted molar refractivity (Wildman–Crippen MR) is 215 cm³/mol. The van der Waals surface area contributed by atoms with Gasteiger partial charge in [0.25, 0.3) is 11.8 Å². The van der Waals surface area contributed by atoms with Gasteiger partial charge in [-0.1, -0.05) is 32.4 Å². The maximum atomic E-state index is 15.5. The third kappa shape index (κ3) is 7.83. The van der Waals surface area contributed by atoms with Crippen molar-refractivity contribution < 1.29 is 55.7 Å². The van der Waals surface area contributed by atoms with Crippen LogP contribution in [-0.4, -0.2) is 112 Å². The molecule has 2 aromatic rings. The van der Waals surface area contributed by atoms with Gasteiger partial charge in [-0.2, -0.15) is 0 Å². The van der Waals surface area contributed by atoms with Crippen molar-refractivity contribution in [1.82, 2.24) is 24.8 Å². The zero-order chi connectivity index (χ0) is 43.6. The summed E-state index contributed by atoms with van der Waals surface area (Å²) in [7, 11) is -4.10. The van der Waals surface area contributed by atoms with Gasteiger partial charge in [0.15, 0.2) is 11.5 Å². The molecule has 3 fully saturated rings. The molecule has 328 valence electrons. The van der Waals surface area contributed by atoms with Gasteiger partial charge in [0.2, 0.25) is 27.7 Å². The van der Waals surface area contributed by atoms with Crippen LogP contribution in [-0.2, 0) is 24.4 Å². The second-order valence-electron chi connectivity index (χ2n) is 18.0. The average Bonchev–Trinajstić information content (AvgIpc) is 4.06. The zero-order valence-electron chi connectivity index (χ0n) is 34.8. The molecular weight excluding hydrogens is 805 g/mol. The normalized spacial score (nSPS) is 29.8. The molecule has 60 heavy (non-hydrogen) atoms. The lowest BCUT2D eigenvalue weighted by Gasteiger charge is -2.47. The van der Waals surface area contributed by atoms with Crippen molar-refractivity contribution in [3.63, 3.8) is 0 Å². The Bertz CT molecular complexity index is 2190. The van der Waals surface area contributed by atoms with Crippen molar-refractivity contribution in [1.29, 1.82) is 0 Å². The number of carbonyl (C=O) groups is 4. The van der Waals surface area contributed by atoms with Gasteiger partial charge in [-0.05, 0) is 89.3 Å². The van der Waals surface area contributed by atoms with E-state index in [1.54, 1.807) is 38.1 Å². The van der Waals surface area contributed by atoms with Crippen molar-refractivity contribution in [2.24, 2.45) is 17.8 Å². The van der Waals surface area contributed by atoms with E-state index in [1.807, 2.05) is 13.0 Å². The first-order valence-corrected chi connectivity index (χ1v) is 22.2. The van der Waals surface area contributed by atoms with Gasteiger partial charge in [0.05, 0.1) is 11.3 Å². The number of ether oxygens (including phenoxy) is 3. The molecule has 15 nitrogen and oxygen atoms in total. The number of fused-ring (bicyclic) bond motifs is 5. The summed E-state index contributed by atoms with van der Waals surface area (Å²) >= 11 is 0. The molecule has 1 saturated heterocycles. The van der Waals surface area contributed by atoms with E-state index in [1.165, 1.54) is 11.1 Å². The number of allylic oxidation sites excluding steroid dienone is 1. The maximum absolute atomic E-state index is 15.5. The van der Waals surface area contributed by atoms with Crippen LogP contribution in [0.2, 0.25) is 0 Å². The summed E-state index contributed by atoms with van der Waals surface area (Å²) in [4.78, 5) is 63.5. The standard InChI is InChI=1S/C42H55F2N5O10S/c1-7-25-20-24(2)10-8-9-11-26-22-42(26,37(52)47-60(55,56)40(5)15-16-40)46-34(50)30-21-27(23-48(30)36(51)32(25)49(38(53)54)39(3,4)41(6,43)44)59-35-29-12-13-31-33(58-19-18-57-31)28(29)14-17-45-35/h9,11-14,17,24-27,30,32H,7-8,10,15-16,18-23H2,1-6H3,(H,46,50)(H,47,52)(H,53,54)/b11-9-/t24-,25-,26-,27-,30+,32+,42-/m1/s1. The van der Waals surface area contributed by atoms with Gasteiger partial charge in [-0.25, -0.2) is 27.0 Å². The first kappa shape index (κ1) is 43.4. The summed E-state index contributed by atoms with van der Waals surface area (Å²) in [5.41, 5.74) is -4.05. The first-order chi connectivity index (χ1) is 28.1. The molecule has 3 aliphatic heterocycles. The zero-order valence-corrected chi connectivity index (χ0v) is 35.7. The molecule has 2 saturated carbocycles. The molecule has 4 amide bonds. The Balaban J connectivity index is 1.30. The molecule has 3 N–H and O–H groups in total. The van der Waals surface area contributed by atoms with Crippen LogP contribution >= 0.6 is 0 Å². The van der Waals surface area contributed by atoms with E-state index >= 15 is 13.6 Å². The number of sulfonamides is 1. The number of nitrogens with one attached hydrogen (secondary N) is 2. The second kappa shape index (κ2) is 15.6. The number of aromatic nitrogens is 1. The quantitative estimate of drug-likeness (QED) is 0.273. The van der Waals surface area contributed by atoms with Crippen molar-refractivity contribution >= 4 is 44.6 Å². The highest BCUT2D eigenvalue weighted by atomic mass is 32.2. The summed E-state index contributed by atoms with van der Waals surface area (Å²) in [6, 6.07) is 2.16. The predicted octanol–water partition coefficient (Wildman–Crippen LogP) is 5.41. The average molecular weight is 860 g/mol. The van der Waals surface area contributed by atoms with Crippen LogP contribution in [0.4, 0.5) is 13.6 Å². The number of alkyl halides is 2. The maximum Gasteiger partial charge on any atom is 0.408 e. The molecule has 0 radical (unpaired) electrons. The van der Waals surface area contributed by atoms with E-state index in [0.717, 1.165) is 13.8 Å². The number of pyridine rings is 1. The summed E-state index contributed by atoms with van der Waals surface area (Å²) in [6.45, 7) is 8.46. The van der Waals surface area contributed by atoms with Crippen molar-refractivity contribution in [2.75, 3.05) is 19.8 Å². The summed E-state index contributed by atoms with van der Waals surface area (Å²) in [6.07, 6.45) is 4.87. The SMILES string of the molecule is CC[C@@H]1C[C@H](C)CC/C=C\[C@@H]2C[C@@]2(C(=O)NS(=O)(=O)C2(C)CC2)NC(=O)[C@@H]2C[C@@H](Oc3nccc4c5c(ccc34)OCCO5)CN2C(=O)[C@H]1N(C(=O)O)C(C)(C)C(C)(F)F. The largest absolute Gasteiger partial charge is 0.486 e. The number of carbonyl (C=O) groups excluding carboxylic acids is 3. The number of halogens is 2. The highest BCUT2D eigenvalue weighted by molar-refractivity contribution is 7.91. The molecule has 7 atom stereocenters. The van der Waals surface area contributed by atoms with Gasteiger partial charge in [0, 0.05) is 36.2 Å². The molecule has 0 bridgehead atoms. The van der Waals surface area contributed by atoms with Crippen LogP contribution in [0.1, 0.15) is 92.9 Å². The smallest absolute Gasteiger partial charge is 0.408 e. The molecule has 1 aromatic heterocycles. The van der Waals surface area contributed by atoms with E-state index in [-0.39, 0.29) is 37.6 Å². The number of hydrogen-bond acceptors (Lipinski definition) is 10. The fourth-order valence-electron chi connectivity index (χ4n) is 8.84. The van der Waals surface area contributed by atoms with E-state index in [0.29, 0.717) is 79.4 Å². The van der Waals surface area contributed by atoms with Gasteiger partial charge >= 0.3 is 6.09 Å². The number of benzene rings is 1. The van der Waals surface area contributed by atoms with Crippen LogP contribution in [0.3, 0.4) is 0 Å². The van der Waals surface area contributed by atoms with E-state index in [2.05, 4.69) is 15.0 Å². The Hall–Kier alpha value is -4.74. The van der Waals surface area contributed by atoms with Crippen molar-refractivity contribution in [3.05, 3.63) is 36.5 Å². The van der Waals surface area contributed by atoms with Crippen LogP contribution in [0.25, 0.3) is 10.8 Å². The molecular formula is C42H55F2N5O10S. The fourth-order valence-corrected chi connectivity index (χ4v) is 10.1. The third-order valence-corrected chi connectivity index (χ3v) is 15.6. The monoisotopic (exact) mass is 859 g/mol. The van der Waals surface area contributed by atoms with E-state index in [9.17, 15) is 27.9 Å². The molecule has 2 aliphatic carbocycles. The number of amides is 4. The Kier molecular flexibility index (Phi) is 11.3. The summed E-state index contributed by atoms with van der Waals surface area (Å²) in [5, 5.41) is 14.7. The molecule has 0 unspecified atom stereocenters. The number of carboxylic acid groups (broad SMARTS) is 1. The van der Waals surface area contributed by atoms with Crippen molar-refractivity contribution in [2.45, 2.75) is 133 Å². The number of nitrogens with zero attached hydrogens (tertiary/aromatic N) is 3. The highest BCUT2D eigenvalue weighted by Crippen LogP contribution is 2.48. The Morgan fingerprint density at radius 1 is 1.12 bits per heavy atom. The number of hydrogen-bond donors (Lipinski definition) is 3. The minimum Gasteiger partial charge on any atom is -0.486 e. The molecule has 18 heteroatoms. The lowest BCUT2D eigenvalue weighted by molar-refractivity contribution is -0.157. The summed E-state index contributed by atoms with van der Waals surface area (Å²) < 4.78 is 76.7. The van der Waals surface area contributed by atoms with Gasteiger partial charge in [0.1, 0.15) is 42.5 Å². The van der Waals surface area contributed by atoms with Gasteiger partial charge in [-0.15, -0.1) is 0 Å². The van der Waals surface area contributed by atoms with Crippen LogP contribution < -0.4 is 24.2 Å². The van der Waals surface area contributed by atoms with Crippen LogP contribution in [0, 0.1) is 17.8 Å².